The first-order chi connectivity index (χ1) is 10.4. The zero-order valence-electron chi connectivity index (χ0n) is 13.6. The highest BCUT2D eigenvalue weighted by atomic mass is 19.4. The number of nitrogens with one attached hydrogen (secondary N) is 1. The van der Waals surface area contributed by atoms with Crippen molar-refractivity contribution in [3.05, 3.63) is 29.8 Å². The van der Waals surface area contributed by atoms with E-state index in [2.05, 4.69) is 10.1 Å². The van der Waals surface area contributed by atoms with Crippen LogP contribution in [0.1, 0.15) is 45.7 Å². The second kappa shape index (κ2) is 7.21. The van der Waals surface area contributed by atoms with Crippen LogP contribution in [-0.4, -0.2) is 23.5 Å². The Labute approximate surface area is 133 Å². The van der Waals surface area contributed by atoms with E-state index >= 15 is 0 Å². The molecule has 1 aromatic rings. The van der Waals surface area contributed by atoms with Crippen molar-refractivity contribution in [2.24, 2.45) is 5.41 Å². The average molecular weight is 333 g/mol. The highest BCUT2D eigenvalue weighted by Crippen LogP contribution is 2.26. The first-order valence-electron chi connectivity index (χ1n) is 7.21. The summed E-state index contributed by atoms with van der Waals surface area (Å²) in [6.45, 7) is 7.08. The molecule has 4 nitrogen and oxygen atoms in total. The van der Waals surface area contributed by atoms with Crippen LogP contribution in [0.3, 0.4) is 0 Å². The molecule has 0 saturated carbocycles. The van der Waals surface area contributed by atoms with Gasteiger partial charge in [-0.2, -0.15) is 0 Å². The summed E-state index contributed by atoms with van der Waals surface area (Å²) in [5.74, 6) is -0.715. The molecule has 0 heterocycles. The minimum atomic E-state index is -4.76. The van der Waals surface area contributed by atoms with Gasteiger partial charge in [0.25, 0.3) is 0 Å². The fourth-order valence-electron chi connectivity index (χ4n) is 1.85. The molecule has 0 aromatic heterocycles. The van der Waals surface area contributed by atoms with E-state index in [4.69, 9.17) is 0 Å². The lowest BCUT2D eigenvalue weighted by Gasteiger charge is -2.26. The lowest BCUT2D eigenvalue weighted by atomic mass is 9.87. The Morgan fingerprint density at radius 1 is 1.30 bits per heavy atom. The molecule has 0 aliphatic carbocycles. The molecular weight excluding hydrogens is 311 g/mol. The number of aliphatic hydroxyl groups excluding tert-OH is 1. The molecule has 0 aliphatic heterocycles. The molecule has 23 heavy (non-hydrogen) atoms. The normalized spacial score (nSPS) is 15.0. The Morgan fingerprint density at radius 3 is 2.43 bits per heavy atom. The molecule has 1 aromatic carbocycles. The van der Waals surface area contributed by atoms with E-state index in [-0.39, 0.29) is 18.1 Å². The van der Waals surface area contributed by atoms with Crippen LogP contribution in [-0.2, 0) is 4.79 Å². The van der Waals surface area contributed by atoms with Gasteiger partial charge in [0.1, 0.15) is 5.75 Å². The van der Waals surface area contributed by atoms with Gasteiger partial charge in [-0.1, -0.05) is 32.9 Å². The van der Waals surface area contributed by atoms with Crippen LogP contribution in [0.15, 0.2) is 24.3 Å². The molecule has 1 amide bonds. The van der Waals surface area contributed by atoms with Crippen molar-refractivity contribution in [2.45, 2.75) is 52.6 Å². The number of ether oxygens (including phenoxy) is 1. The second-order valence-electron chi connectivity index (χ2n) is 6.50. The first-order valence-corrected chi connectivity index (χ1v) is 7.21. The Hall–Kier alpha value is -1.76. The summed E-state index contributed by atoms with van der Waals surface area (Å²) in [4.78, 5) is 11.9. The van der Waals surface area contributed by atoms with E-state index in [1.54, 1.807) is 13.0 Å². The molecule has 0 bridgehead atoms. The van der Waals surface area contributed by atoms with E-state index in [1.165, 1.54) is 18.2 Å². The Kier molecular flexibility index (Phi) is 6.04. The number of aliphatic hydroxyl groups is 1. The molecule has 0 unspecified atom stereocenters. The van der Waals surface area contributed by atoms with Crippen molar-refractivity contribution in [2.75, 3.05) is 0 Å². The number of carbonyl (C=O) groups is 1. The Morgan fingerprint density at radius 2 is 1.91 bits per heavy atom. The van der Waals surface area contributed by atoms with Crippen molar-refractivity contribution < 1.29 is 27.8 Å². The summed E-state index contributed by atoms with van der Waals surface area (Å²) >= 11 is 0. The van der Waals surface area contributed by atoms with Crippen LogP contribution in [0.2, 0.25) is 0 Å². The van der Waals surface area contributed by atoms with Gasteiger partial charge >= 0.3 is 6.36 Å². The third-order valence-electron chi connectivity index (χ3n) is 3.35. The summed E-state index contributed by atoms with van der Waals surface area (Å²) in [7, 11) is 0. The molecule has 0 spiro atoms. The number of benzene rings is 1. The third kappa shape index (κ3) is 6.90. The fraction of sp³-hybridized carbons (Fsp3) is 0.562. The van der Waals surface area contributed by atoms with Crippen molar-refractivity contribution in [1.29, 1.82) is 0 Å². The lowest BCUT2D eigenvalue weighted by Crippen LogP contribution is -2.35. The number of carbonyl (C=O) groups excluding carboxylic acids is 1. The number of rotatable bonds is 5. The maximum Gasteiger partial charge on any atom is 0.573 e. The molecule has 0 aliphatic rings. The number of amides is 1. The van der Waals surface area contributed by atoms with Gasteiger partial charge in [0.15, 0.2) is 0 Å². The monoisotopic (exact) mass is 333 g/mol. The Bertz CT molecular complexity index is 538. The molecule has 1 rings (SSSR count). The van der Waals surface area contributed by atoms with Crippen LogP contribution in [0.5, 0.6) is 5.75 Å². The maximum absolute atomic E-state index is 12.2. The number of alkyl halides is 3. The summed E-state index contributed by atoms with van der Waals surface area (Å²) in [5, 5.41) is 12.6. The number of halogens is 3. The van der Waals surface area contributed by atoms with Crippen LogP contribution in [0.4, 0.5) is 13.2 Å². The third-order valence-corrected chi connectivity index (χ3v) is 3.35. The summed E-state index contributed by atoms with van der Waals surface area (Å²) < 4.78 is 40.5. The molecule has 0 fully saturated rings. The maximum atomic E-state index is 12.2. The molecule has 0 radical (unpaired) electrons. The van der Waals surface area contributed by atoms with E-state index in [0.29, 0.717) is 5.56 Å². The van der Waals surface area contributed by atoms with Gasteiger partial charge in [0, 0.05) is 0 Å². The van der Waals surface area contributed by atoms with E-state index in [9.17, 15) is 23.1 Å². The van der Waals surface area contributed by atoms with Crippen molar-refractivity contribution in [3.63, 3.8) is 0 Å². The highest BCUT2D eigenvalue weighted by molar-refractivity contribution is 5.77. The topological polar surface area (TPSA) is 58.6 Å². The predicted molar refractivity (Wildman–Crippen MR) is 79.8 cm³/mol. The van der Waals surface area contributed by atoms with Gasteiger partial charge in [-0.3, -0.25) is 4.79 Å². The van der Waals surface area contributed by atoms with Crippen LogP contribution in [0.25, 0.3) is 0 Å². The van der Waals surface area contributed by atoms with Crippen LogP contribution >= 0.6 is 0 Å². The van der Waals surface area contributed by atoms with Gasteiger partial charge in [0.05, 0.1) is 18.6 Å². The summed E-state index contributed by atoms with van der Waals surface area (Å²) in [6.07, 6.45) is -5.65. The van der Waals surface area contributed by atoms with Gasteiger partial charge in [-0.05, 0) is 30.0 Å². The lowest BCUT2D eigenvalue weighted by molar-refractivity contribution is -0.274. The SMILES string of the molecule is C[C@H](NC(=O)C[C@@H](O)C(C)(C)C)c1cccc(OC(F)(F)F)c1. The minimum Gasteiger partial charge on any atom is -0.406 e. The van der Waals surface area contributed by atoms with E-state index in [0.717, 1.165) is 0 Å². The molecule has 0 saturated heterocycles. The molecule has 2 atom stereocenters. The van der Waals surface area contributed by atoms with Crippen LogP contribution < -0.4 is 10.1 Å². The molecule has 7 heteroatoms. The van der Waals surface area contributed by atoms with E-state index in [1.807, 2.05) is 20.8 Å². The van der Waals surface area contributed by atoms with Crippen LogP contribution in [0, 0.1) is 5.41 Å². The number of hydrogen-bond acceptors (Lipinski definition) is 3. The van der Waals surface area contributed by atoms with Crippen molar-refractivity contribution in [3.8, 4) is 5.75 Å². The summed E-state index contributed by atoms with van der Waals surface area (Å²) in [5.41, 5.74) is 0.0477. The van der Waals surface area contributed by atoms with Gasteiger partial charge in [-0.15, -0.1) is 13.2 Å². The highest BCUT2D eigenvalue weighted by Gasteiger charge is 2.31. The van der Waals surface area contributed by atoms with Gasteiger partial charge in [-0.25, -0.2) is 0 Å². The molecule has 2 N–H and O–H groups in total. The molecule has 130 valence electrons. The smallest absolute Gasteiger partial charge is 0.406 e. The largest absolute Gasteiger partial charge is 0.573 e. The summed E-state index contributed by atoms with van der Waals surface area (Å²) in [6, 6.07) is 4.91. The minimum absolute atomic E-state index is 0.0768. The fourth-order valence-corrected chi connectivity index (χ4v) is 1.85. The standard InChI is InChI=1S/C16H22F3NO3/c1-10(20-14(22)9-13(21)15(2,3)4)11-6-5-7-12(8-11)23-16(17,18)19/h5-8,10,13,21H,9H2,1-4H3,(H,20,22)/t10-,13+/m0/s1. The Balaban J connectivity index is 2.69. The van der Waals surface area contributed by atoms with Crippen molar-refractivity contribution >= 4 is 5.91 Å². The zero-order valence-corrected chi connectivity index (χ0v) is 13.6. The van der Waals surface area contributed by atoms with E-state index < -0.39 is 23.9 Å². The zero-order chi connectivity index (χ0) is 17.8. The second-order valence-corrected chi connectivity index (χ2v) is 6.50. The average Bonchev–Trinajstić information content (AvgIpc) is 2.35. The first kappa shape index (κ1) is 19.3. The van der Waals surface area contributed by atoms with Gasteiger partial charge in [0.2, 0.25) is 5.91 Å². The van der Waals surface area contributed by atoms with Gasteiger partial charge < -0.3 is 15.2 Å². The molecular formula is C16H22F3NO3. The number of hydrogen-bond donors (Lipinski definition) is 2. The van der Waals surface area contributed by atoms with Crippen molar-refractivity contribution in [1.82, 2.24) is 5.32 Å². The predicted octanol–water partition coefficient (Wildman–Crippen LogP) is 3.56. The quantitative estimate of drug-likeness (QED) is 0.866.